The van der Waals surface area contributed by atoms with E-state index in [4.69, 9.17) is 22.1 Å². The summed E-state index contributed by atoms with van der Waals surface area (Å²) in [5, 5.41) is 18.4. The summed E-state index contributed by atoms with van der Waals surface area (Å²) < 4.78 is 5.07. The topological polar surface area (TPSA) is 95.7 Å². The van der Waals surface area contributed by atoms with Gasteiger partial charge in [0.2, 0.25) is 0 Å². The van der Waals surface area contributed by atoms with E-state index in [0.29, 0.717) is 16.9 Å². The largest absolute Gasteiger partial charge is 0.497 e. The Morgan fingerprint density at radius 3 is 2.25 bits per heavy atom. The molecule has 2 rings (SSSR count). The number of nitriles is 2. The number of hydrogen-bond acceptors (Lipinski definition) is 5. The molecule has 5 nitrogen and oxygen atoms in total. The van der Waals surface area contributed by atoms with Crippen LogP contribution in [0, 0.1) is 22.7 Å². The lowest BCUT2D eigenvalue weighted by atomic mass is 9.97. The molecule has 6 heteroatoms. The fourth-order valence-corrected chi connectivity index (χ4v) is 2.06. The minimum Gasteiger partial charge on any atom is -0.497 e. The van der Waals surface area contributed by atoms with Crippen LogP contribution in [0.15, 0.2) is 24.3 Å². The van der Waals surface area contributed by atoms with Crippen LogP contribution in [0.5, 0.6) is 5.75 Å². The highest BCUT2D eigenvalue weighted by molar-refractivity contribution is 6.31. The molecule has 0 spiro atoms. The Bertz CT molecular complexity index is 703. The van der Waals surface area contributed by atoms with E-state index >= 15 is 0 Å². The Hall–Kier alpha value is -2.76. The van der Waals surface area contributed by atoms with Crippen LogP contribution in [0.3, 0.4) is 0 Å². The normalized spacial score (nSPS) is 9.60. The molecule has 0 radical (unpaired) electrons. The van der Waals surface area contributed by atoms with Crippen LogP contribution in [-0.4, -0.2) is 12.1 Å². The predicted molar refractivity (Wildman–Crippen MR) is 75.1 cm³/mol. The molecule has 0 aliphatic carbocycles. The lowest BCUT2D eigenvalue weighted by Crippen LogP contribution is -2.01. The van der Waals surface area contributed by atoms with Gasteiger partial charge in [0.1, 0.15) is 34.4 Å². The molecule has 1 aromatic carbocycles. The van der Waals surface area contributed by atoms with Crippen LogP contribution in [-0.2, 0) is 0 Å². The maximum atomic E-state index is 9.23. The third kappa shape index (κ3) is 2.23. The number of nitrogens with two attached hydrogens (primary N) is 1. The summed E-state index contributed by atoms with van der Waals surface area (Å²) in [5.41, 5.74) is 6.99. The SMILES string of the molecule is COc1ccc(-c2c(C#N)c(N)nc(Cl)c2C#N)cc1. The van der Waals surface area contributed by atoms with E-state index in [1.165, 1.54) is 0 Å². The van der Waals surface area contributed by atoms with Gasteiger partial charge in [-0.3, -0.25) is 0 Å². The van der Waals surface area contributed by atoms with E-state index in [2.05, 4.69) is 4.98 Å². The van der Waals surface area contributed by atoms with Gasteiger partial charge in [0.15, 0.2) is 0 Å². The number of methoxy groups -OCH3 is 1. The van der Waals surface area contributed by atoms with Crippen molar-refractivity contribution in [3.8, 4) is 29.0 Å². The number of aromatic nitrogens is 1. The van der Waals surface area contributed by atoms with Crippen LogP contribution in [0.2, 0.25) is 5.15 Å². The first-order valence-electron chi connectivity index (χ1n) is 5.56. The minimum atomic E-state index is -0.0187. The monoisotopic (exact) mass is 284 g/mol. The van der Waals surface area contributed by atoms with Gasteiger partial charge in [-0.2, -0.15) is 10.5 Å². The van der Waals surface area contributed by atoms with E-state index in [0.717, 1.165) is 0 Å². The maximum Gasteiger partial charge on any atom is 0.149 e. The Balaban J connectivity index is 2.77. The first-order chi connectivity index (χ1) is 9.62. The lowest BCUT2D eigenvalue weighted by Gasteiger charge is -2.10. The highest BCUT2D eigenvalue weighted by Crippen LogP contribution is 2.34. The van der Waals surface area contributed by atoms with Crippen molar-refractivity contribution >= 4 is 17.4 Å². The average Bonchev–Trinajstić information content (AvgIpc) is 2.46. The van der Waals surface area contributed by atoms with Crippen molar-refractivity contribution in [2.75, 3.05) is 12.8 Å². The Labute approximate surface area is 120 Å². The predicted octanol–water partition coefficient (Wildman–Crippen LogP) is 2.74. The second-order valence-corrected chi connectivity index (χ2v) is 4.22. The van der Waals surface area contributed by atoms with E-state index in [1.54, 1.807) is 31.4 Å². The quantitative estimate of drug-likeness (QED) is 0.855. The van der Waals surface area contributed by atoms with Crippen molar-refractivity contribution in [3.05, 3.63) is 40.5 Å². The zero-order valence-electron chi connectivity index (χ0n) is 10.5. The van der Waals surface area contributed by atoms with E-state index in [9.17, 15) is 10.5 Å². The first kappa shape index (κ1) is 13.7. The molecule has 0 aliphatic heterocycles. The number of halogens is 1. The molecule has 98 valence electrons. The minimum absolute atomic E-state index is 0.00215. The van der Waals surface area contributed by atoms with Crippen molar-refractivity contribution in [3.63, 3.8) is 0 Å². The van der Waals surface area contributed by atoms with Crippen LogP contribution < -0.4 is 10.5 Å². The maximum absolute atomic E-state index is 9.23. The molecule has 0 saturated carbocycles. The summed E-state index contributed by atoms with van der Waals surface area (Å²) in [6.07, 6.45) is 0. The molecule has 0 unspecified atom stereocenters. The number of benzene rings is 1. The van der Waals surface area contributed by atoms with Gasteiger partial charge in [-0.1, -0.05) is 23.7 Å². The second kappa shape index (κ2) is 5.48. The van der Waals surface area contributed by atoms with Crippen molar-refractivity contribution < 1.29 is 4.74 Å². The molecule has 20 heavy (non-hydrogen) atoms. The van der Waals surface area contributed by atoms with E-state index in [1.807, 2.05) is 12.1 Å². The van der Waals surface area contributed by atoms with Crippen LogP contribution in [0.4, 0.5) is 5.82 Å². The molecular formula is C14H9ClN4O. The highest BCUT2D eigenvalue weighted by atomic mass is 35.5. The molecule has 2 N–H and O–H groups in total. The van der Waals surface area contributed by atoms with E-state index in [-0.39, 0.29) is 22.1 Å². The van der Waals surface area contributed by atoms with Gasteiger partial charge >= 0.3 is 0 Å². The average molecular weight is 285 g/mol. The molecule has 1 heterocycles. The van der Waals surface area contributed by atoms with Crippen molar-refractivity contribution in [2.24, 2.45) is 0 Å². The summed E-state index contributed by atoms with van der Waals surface area (Å²) >= 11 is 5.92. The van der Waals surface area contributed by atoms with Crippen molar-refractivity contribution in [1.82, 2.24) is 4.98 Å². The van der Waals surface area contributed by atoms with Gasteiger partial charge in [-0.05, 0) is 17.7 Å². The number of ether oxygens (including phenoxy) is 1. The summed E-state index contributed by atoms with van der Waals surface area (Å²) in [7, 11) is 1.55. The van der Waals surface area contributed by atoms with Gasteiger partial charge in [-0.15, -0.1) is 0 Å². The summed E-state index contributed by atoms with van der Waals surface area (Å²) in [6, 6.07) is 10.8. The van der Waals surface area contributed by atoms with E-state index < -0.39 is 0 Å². The summed E-state index contributed by atoms with van der Waals surface area (Å²) in [5.74, 6) is 0.668. The Kier molecular flexibility index (Phi) is 3.74. The molecular weight excluding hydrogens is 276 g/mol. The van der Waals surface area contributed by atoms with Crippen LogP contribution >= 0.6 is 11.6 Å². The van der Waals surface area contributed by atoms with Crippen LogP contribution in [0.1, 0.15) is 11.1 Å². The Morgan fingerprint density at radius 1 is 1.15 bits per heavy atom. The fourth-order valence-electron chi connectivity index (χ4n) is 1.84. The molecule has 0 saturated heterocycles. The molecule has 0 atom stereocenters. The van der Waals surface area contributed by atoms with Gasteiger partial charge in [0.05, 0.1) is 12.7 Å². The van der Waals surface area contributed by atoms with Gasteiger partial charge in [0, 0.05) is 5.56 Å². The zero-order valence-corrected chi connectivity index (χ0v) is 11.3. The Morgan fingerprint density at radius 2 is 1.75 bits per heavy atom. The molecule has 0 fully saturated rings. The highest BCUT2D eigenvalue weighted by Gasteiger charge is 2.19. The number of anilines is 1. The van der Waals surface area contributed by atoms with Gasteiger partial charge < -0.3 is 10.5 Å². The van der Waals surface area contributed by atoms with Crippen molar-refractivity contribution in [2.45, 2.75) is 0 Å². The zero-order chi connectivity index (χ0) is 14.7. The third-order valence-electron chi connectivity index (χ3n) is 2.78. The summed E-state index contributed by atoms with van der Waals surface area (Å²) in [6.45, 7) is 0. The number of nitrogen functional groups attached to an aromatic ring is 1. The smallest absolute Gasteiger partial charge is 0.149 e. The first-order valence-corrected chi connectivity index (χ1v) is 5.93. The summed E-state index contributed by atoms with van der Waals surface area (Å²) in [4.78, 5) is 3.81. The third-order valence-corrected chi connectivity index (χ3v) is 3.06. The number of hydrogen-bond donors (Lipinski definition) is 1. The molecule has 0 bridgehead atoms. The van der Waals surface area contributed by atoms with Crippen LogP contribution in [0.25, 0.3) is 11.1 Å². The number of pyridine rings is 1. The molecule has 0 aliphatic rings. The second-order valence-electron chi connectivity index (χ2n) is 3.86. The lowest BCUT2D eigenvalue weighted by molar-refractivity contribution is 0.415. The number of rotatable bonds is 2. The van der Waals surface area contributed by atoms with Gasteiger partial charge in [-0.25, -0.2) is 4.98 Å². The number of nitrogens with zero attached hydrogens (tertiary/aromatic N) is 3. The molecule has 0 amide bonds. The standard InChI is InChI=1S/C14H9ClN4O/c1-20-9-4-2-8(3-5-9)12-10(6-16)13(15)19-14(18)11(12)7-17/h2-5H,1H3,(H2,18,19). The molecule has 2 aromatic rings. The van der Waals surface area contributed by atoms with Crippen molar-refractivity contribution in [1.29, 1.82) is 10.5 Å². The molecule has 1 aromatic heterocycles. The fraction of sp³-hybridized carbons (Fsp3) is 0.0714. The van der Waals surface area contributed by atoms with Gasteiger partial charge in [0.25, 0.3) is 0 Å².